The maximum Gasteiger partial charge on any atom is 0.112 e. The minimum atomic E-state index is -0.0630. The van der Waals surface area contributed by atoms with Gasteiger partial charge in [0.1, 0.15) is 11.0 Å². The highest BCUT2D eigenvalue weighted by Gasteiger charge is 2.35. The zero-order valence-electron chi connectivity index (χ0n) is 22.0. The molecule has 3 heteroatoms. The lowest BCUT2D eigenvalue weighted by Crippen LogP contribution is -2.15. The van der Waals surface area contributed by atoms with E-state index in [-0.39, 0.29) is 5.41 Å². The summed E-state index contributed by atoms with van der Waals surface area (Å²) in [6, 6.07) is 35.9. The zero-order valence-corrected chi connectivity index (χ0v) is 22.9. The molecule has 0 saturated carbocycles. The maximum absolute atomic E-state index is 4.57. The molecule has 0 radical (unpaired) electrons. The first kappa shape index (κ1) is 23.1. The van der Waals surface area contributed by atoms with Gasteiger partial charge in [0.25, 0.3) is 0 Å². The summed E-state index contributed by atoms with van der Waals surface area (Å²) >= 11 is 1.28. The minimum absolute atomic E-state index is 0.0630. The average molecular weight is 509 g/mol. The Morgan fingerprint density at radius 1 is 0.500 bits per heavy atom. The third kappa shape index (κ3) is 3.53. The first-order chi connectivity index (χ1) is 18.4. The number of aromatic nitrogens is 2. The number of aryl methyl sites for hydroxylation is 2. The van der Waals surface area contributed by atoms with Crippen molar-refractivity contribution in [3.05, 3.63) is 119 Å². The van der Waals surface area contributed by atoms with Crippen molar-refractivity contribution in [2.24, 2.45) is 0 Å². The standard InChI is InChI=1S/C35H28N2S/c1-21-5-8-23(9-6-21)26-14-17-29-30-18-15-27(20-32(30)35(3,4)31(29)19-26)24-10-12-25(13-11-24)28-16-7-22(2)33-34(28)37-38-36-33/h5-20H,1-4H3. The number of fused-ring (bicyclic) bond motifs is 4. The van der Waals surface area contributed by atoms with Gasteiger partial charge in [-0.2, -0.15) is 8.75 Å². The van der Waals surface area contributed by atoms with Gasteiger partial charge in [0.05, 0.1) is 11.7 Å². The Kier molecular flexibility index (Phi) is 5.14. The Balaban J connectivity index is 1.25. The molecule has 1 heterocycles. The van der Waals surface area contributed by atoms with Gasteiger partial charge in [0, 0.05) is 11.0 Å². The molecule has 6 aromatic rings. The van der Waals surface area contributed by atoms with Crippen molar-refractivity contribution in [3.63, 3.8) is 0 Å². The van der Waals surface area contributed by atoms with Crippen molar-refractivity contribution in [1.82, 2.24) is 8.75 Å². The lowest BCUT2D eigenvalue weighted by molar-refractivity contribution is 0.661. The predicted octanol–water partition coefficient (Wildman–Crippen LogP) is 9.62. The second-order valence-corrected chi connectivity index (χ2v) is 11.5. The highest BCUT2D eigenvalue weighted by Crippen LogP contribution is 2.50. The maximum atomic E-state index is 4.57. The first-order valence-electron chi connectivity index (χ1n) is 13.1. The predicted molar refractivity (Wildman–Crippen MR) is 161 cm³/mol. The normalized spacial score (nSPS) is 13.5. The van der Waals surface area contributed by atoms with E-state index in [1.54, 1.807) is 0 Å². The van der Waals surface area contributed by atoms with Crippen molar-refractivity contribution < 1.29 is 0 Å². The largest absolute Gasteiger partial charge is 0.173 e. The van der Waals surface area contributed by atoms with Gasteiger partial charge < -0.3 is 0 Å². The molecule has 0 fully saturated rings. The van der Waals surface area contributed by atoms with Crippen LogP contribution in [-0.4, -0.2) is 8.75 Å². The quantitative estimate of drug-likeness (QED) is 0.238. The van der Waals surface area contributed by atoms with E-state index in [2.05, 4.69) is 134 Å². The second-order valence-electron chi connectivity index (χ2n) is 11.0. The van der Waals surface area contributed by atoms with Crippen LogP contribution >= 0.6 is 11.7 Å². The van der Waals surface area contributed by atoms with Gasteiger partial charge in [0.2, 0.25) is 0 Å². The van der Waals surface area contributed by atoms with Crippen LogP contribution in [0.15, 0.2) is 97.1 Å². The molecule has 0 saturated heterocycles. The molecule has 0 unspecified atom stereocenters. The van der Waals surface area contributed by atoms with Crippen LogP contribution in [0.25, 0.3) is 55.5 Å². The van der Waals surface area contributed by atoms with Crippen LogP contribution in [0.3, 0.4) is 0 Å². The molecule has 1 aromatic heterocycles. The van der Waals surface area contributed by atoms with E-state index < -0.39 is 0 Å². The molecule has 0 amide bonds. The topological polar surface area (TPSA) is 25.8 Å². The zero-order chi connectivity index (χ0) is 26.0. The molecule has 1 aliphatic rings. The van der Waals surface area contributed by atoms with Crippen molar-refractivity contribution in [2.75, 3.05) is 0 Å². The number of nitrogens with zero attached hydrogens (tertiary/aromatic N) is 2. The van der Waals surface area contributed by atoms with Gasteiger partial charge in [-0.1, -0.05) is 104 Å². The Bertz CT molecular complexity index is 1840. The van der Waals surface area contributed by atoms with Gasteiger partial charge in [-0.15, -0.1) is 0 Å². The highest BCUT2D eigenvalue weighted by molar-refractivity contribution is 7.00. The summed E-state index contributed by atoms with van der Waals surface area (Å²) in [7, 11) is 0. The van der Waals surface area contributed by atoms with E-state index in [0.717, 1.165) is 16.6 Å². The van der Waals surface area contributed by atoms with Gasteiger partial charge in [-0.3, -0.25) is 0 Å². The molecule has 1 aliphatic carbocycles. The van der Waals surface area contributed by atoms with Crippen molar-refractivity contribution in [1.29, 1.82) is 0 Å². The molecule has 2 nitrogen and oxygen atoms in total. The summed E-state index contributed by atoms with van der Waals surface area (Å²) in [6.45, 7) is 8.94. The average Bonchev–Trinajstić information content (AvgIpc) is 3.52. The summed E-state index contributed by atoms with van der Waals surface area (Å²) < 4.78 is 9.06. The number of rotatable bonds is 3. The van der Waals surface area contributed by atoms with E-state index in [1.165, 1.54) is 72.9 Å². The van der Waals surface area contributed by atoms with Crippen LogP contribution in [0.4, 0.5) is 0 Å². The number of hydrogen-bond donors (Lipinski definition) is 0. The van der Waals surface area contributed by atoms with E-state index in [9.17, 15) is 0 Å². The lowest BCUT2D eigenvalue weighted by Gasteiger charge is -2.22. The molecule has 0 spiro atoms. The van der Waals surface area contributed by atoms with Gasteiger partial charge in [0.15, 0.2) is 0 Å². The van der Waals surface area contributed by atoms with E-state index in [4.69, 9.17) is 0 Å². The summed E-state index contributed by atoms with van der Waals surface area (Å²) in [5.41, 5.74) is 17.2. The van der Waals surface area contributed by atoms with E-state index >= 15 is 0 Å². The molecule has 5 aromatic carbocycles. The Morgan fingerprint density at radius 3 is 1.58 bits per heavy atom. The molecule has 0 N–H and O–H groups in total. The van der Waals surface area contributed by atoms with Crippen LogP contribution in [0.5, 0.6) is 0 Å². The van der Waals surface area contributed by atoms with Crippen LogP contribution in [0.1, 0.15) is 36.1 Å². The fraction of sp³-hybridized carbons (Fsp3) is 0.143. The molecular formula is C35H28N2S. The van der Waals surface area contributed by atoms with Crippen molar-refractivity contribution in [2.45, 2.75) is 33.1 Å². The SMILES string of the molecule is Cc1ccc(-c2ccc3c(c2)C(C)(C)c2cc(-c4ccc(-c5ccc(C)c6nsnc56)cc4)ccc2-3)cc1. The van der Waals surface area contributed by atoms with Crippen LogP contribution in [0, 0.1) is 13.8 Å². The number of benzene rings is 5. The monoisotopic (exact) mass is 508 g/mol. The first-order valence-corrected chi connectivity index (χ1v) is 13.8. The lowest BCUT2D eigenvalue weighted by atomic mass is 9.81. The summed E-state index contributed by atoms with van der Waals surface area (Å²) in [5.74, 6) is 0. The Hall–Kier alpha value is -4.08. The van der Waals surface area contributed by atoms with Crippen molar-refractivity contribution in [3.8, 4) is 44.5 Å². The Morgan fingerprint density at radius 2 is 0.974 bits per heavy atom. The van der Waals surface area contributed by atoms with Gasteiger partial charge in [-0.25, -0.2) is 0 Å². The molecular weight excluding hydrogens is 480 g/mol. The van der Waals surface area contributed by atoms with E-state index in [0.29, 0.717) is 0 Å². The molecule has 0 aliphatic heterocycles. The summed E-state index contributed by atoms with van der Waals surface area (Å²) in [5, 5.41) is 0. The van der Waals surface area contributed by atoms with Gasteiger partial charge >= 0.3 is 0 Å². The highest BCUT2D eigenvalue weighted by atomic mass is 32.1. The molecule has 38 heavy (non-hydrogen) atoms. The van der Waals surface area contributed by atoms with E-state index in [1.807, 2.05) is 0 Å². The third-order valence-electron chi connectivity index (χ3n) is 8.21. The molecule has 0 atom stereocenters. The number of hydrogen-bond acceptors (Lipinski definition) is 3. The Labute approximate surface area is 228 Å². The smallest absolute Gasteiger partial charge is 0.112 e. The molecule has 7 rings (SSSR count). The second kappa shape index (κ2) is 8.47. The fourth-order valence-corrected chi connectivity index (χ4v) is 6.53. The third-order valence-corrected chi connectivity index (χ3v) is 8.74. The molecule has 184 valence electrons. The summed E-state index contributed by atoms with van der Waals surface area (Å²) in [6.07, 6.45) is 0. The fourth-order valence-electron chi connectivity index (χ4n) is 5.91. The molecule has 0 bridgehead atoms. The van der Waals surface area contributed by atoms with Crippen LogP contribution in [-0.2, 0) is 5.41 Å². The van der Waals surface area contributed by atoms with Crippen LogP contribution < -0.4 is 0 Å². The van der Waals surface area contributed by atoms with Gasteiger partial charge in [-0.05, 0) is 81.6 Å². The summed E-state index contributed by atoms with van der Waals surface area (Å²) in [4.78, 5) is 0. The van der Waals surface area contributed by atoms with Crippen LogP contribution in [0.2, 0.25) is 0 Å². The van der Waals surface area contributed by atoms with Crippen molar-refractivity contribution >= 4 is 22.8 Å². The minimum Gasteiger partial charge on any atom is -0.173 e.